The zero-order chi connectivity index (χ0) is 14.8. The second kappa shape index (κ2) is 5.66. The summed E-state index contributed by atoms with van der Waals surface area (Å²) in [6, 6.07) is 8.48. The van der Waals surface area contributed by atoms with E-state index in [4.69, 9.17) is 14.9 Å². The van der Waals surface area contributed by atoms with Crippen LogP contribution in [0, 0.1) is 17.7 Å². The van der Waals surface area contributed by atoms with Gasteiger partial charge in [0.25, 0.3) is 0 Å². The number of aryl methyl sites for hydroxylation is 2. The van der Waals surface area contributed by atoms with Crippen LogP contribution in [0.3, 0.4) is 0 Å². The minimum Gasteiger partial charge on any atom is -0.344 e. The Hall–Kier alpha value is -1.19. The van der Waals surface area contributed by atoms with E-state index in [1.807, 2.05) is 0 Å². The summed E-state index contributed by atoms with van der Waals surface area (Å²) in [5, 5.41) is 7.69. The Morgan fingerprint density at radius 2 is 1.95 bits per heavy atom. The molecule has 1 aromatic rings. The van der Waals surface area contributed by atoms with E-state index in [0.29, 0.717) is 13.0 Å². The summed E-state index contributed by atoms with van der Waals surface area (Å²) >= 11 is 0. The quantitative estimate of drug-likeness (QED) is 0.851. The molecule has 0 radical (unpaired) electrons. The van der Waals surface area contributed by atoms with Crippen molar-refractivity contribution < 1.29 is 9.47 Å². The highest BCUT2D eigenvalue weighted by molar-refractivity contribution is 5.63. The van der Waals surface area contributed by atoms with Crippen molar-refractivity contribution in [2.24, 2.45) is 5.41 Å². The van der Waals surface area contributed by atoms with Crippen LogP contribution in [0.2, 0.25) is 0 Å². The lowest BCUT2D eigenvalue weighted by molar-refractivity contribution is -0.289. The molecule has 3 nitrogen and oxygen atoms in total. The lowest BCUT2D eigenvalue weighted by Gasteiger charge is -2.45. The van der Waals surface area contributed by atoms with Gasteiger partial charge in [-0.2, -0.15) is 0 Å². The van der Waals surface area contributed by atoms with Gasteiger partial charge in [-0.15, -0.1) is 0 Å². The van der Waals surface area contributed by atoms with Crippen LogP contribution in [0.5, 0.6) is 0 Å². The van der Waals surface area contributed by atoms with Gasteiger partial charge in [0.1, 0.15) is 0 Å². The molecule has 0 aliphatic carbocycles. The van der Waals surface area contributed by atoms with Gasteiger partial charge in [-0.3, -0.25) is 0 Å². The molecular weight excluding hydrogens is 250 g/mol. The molecule has 110 valence electrons. The highest BCUT2D eigenvalue weighted by Crippen LogP contribution is 2.36. The van der Waals surface area contributed by atoms with Crippen molar-refractivity contribution in [3.05, 3.63) is 35.4 Å². The molecular formula is C17H25NO2. The molecule has 0 saturated carbocycles. The molecule has 1 N–H and O–H groups in total. The van der Waals surface area contributed by atoms with Crippen molar-refractivity contribution in [1.82, 2.24) is 0 Å². The molecule has 1 aromatic carbocycles. The maximum absolute atomic E-state index is 7.69. The molecule has 1 aliphatic rings. The Bertz CT molecular complexity index is 466. The first-order chi connectivity index (χ1) is 9.37. The second-order valence-corrected chi connectivity index (χ2v) is 6.48. The fourth-order valence-electron chi connectivity index (χ4n) is 2.27. The second-order valence-electron chi connectivity index (χ2n) is 6.48. The summed E-state index contributed by atoms with van der Waals surface area (Å²) in [6.07, 6.45) is 2.92. The van der Waals surface area contributed by atoms with E-state index in [-0.39, 0.29) is 11.5 Å². The highest BCUT2D eigenvalue weighted by Gasteiger charge is 2.43. The molecule has 2 rings (SSSR count). The lowest BCUT2D eigenvalue weighted by Crippen LogP contribution is -2.53. The monoisotopic (exact) mass is 275 g/mol. The lowest BCUT2D eigenvalue weighted by atomic mass is 9.86. The minimum absolute atomic E-state index is 0.00360. The van der Waals surface area contributed by atoms with Crippen molar-refractivity contribution in [1.29, 1.82) is 5.41 Å². The van der Waals surface area contributed by atoms with Crippen LogP contribution in [0.15, 0.2) is 24.3 Å². The molecule has 1 aliphatic heterocycles. The average molecular weight is 275 g/mol. The molecule has 2 unspecified atom stereocenters. The average Bonchev–Trinajstić information content (AvgIpc) is 2.42. The summed E-state index contributed by atoms with van der Waals surface area (Å²) in [6.45, 7) is 9.03. The summed E-state index contributed by atoms with van der Waals surface area (Å²) in [7, 11) is 0. The molecule has 0 aromatic heterocycles. The van der Waals surface area contributed by atoms with Crippen LogP contribution in [0.25, 0.3) is 0 Å². The maximum Gasteiger partial charge on any atom is 0.205 e. The third kappa shape index (κ3) is 3.28. The summed E-state index contributed by atoms with van der Waals surface area (Å²) in [5.41, 5.74) is 2.51. The molecule has 20 heavy (non-hydrogen) atoms. The van der Waals surface area contributed by atoms with Gasteiger partial charge < -0.3 is 14.9 Å². The van der Waals surface area contributed by atoms with E-state index in [1.165, 1.54) is 17.3 Å². The largest absolute Gasteiger partial charge is 0.344 e. The normalized spacial score (nSPS) is 29.1. The number of hydrogen-bond donors (Lipinski definition) is 1. The van der Waals surface area contributed by atoms with Gasteiger partial charge in [0.05, 0.1) is 18.9 Å². The Balaban J connectivity index is 2.02. The molecule has 0 spiro atoms. The van der Waals surface area contributed by atoms with E-state index in [9.17, 15) is 0 Å². The minimum atomic E-state index is -0.861. The topological polar surface area (TPSA) is 42.3 Å². The van der Waals surface area contributed by atoms with E-state index in [0.717, 1.165) is 6.42 Å². The smallest absolute Gasteiger partial charge is 0.205 e. The molecule has 2 atom stereocenters. The van der Waals surface area contributed by atoms with Crippen LogP contribution in [0.4, 0.5) is 0 Å². The summed E-state index contributed by atoms with van der Waals surface area (Å²) in [5.74, 6) is -0.861. The molecule has 0 amide bonds. The molecule has 0 bridgehead atoms. The van der Waals surface area contributed by atoms with Gasteiger partial charge in [0.15, 0.2) is 0 Å². The number of hydrogen-bond acceptors (Lipinski definition) is 3. The SMILES string of the molecule is Cc1ccc(CCC2(C=N)OCC(C)(C)C(C)O2)cc1. The standard InChI is InChI=1S/C17H25NO2/c1-13-5-7-15(8-6-13)9-10-17(11-18)19-12-16(3,4)14(2)20-17/h5-8,11,14,18H,9-10,12H2,1-4H3. The van der Waals surface area contributed by atoms with E-state index in [2.05, 4.69) is 52.0 Å². The van der Waals surface area contributed by atoms with Gasteiger partial charge in [-0.05, 0) is 25.8 Å². The van der Waals surface area contributed by atoms with Gasteiger partial charge in [0.2, 0.25) is 5.79 Å². The number of benzene rings is 1. The van der Waals surface area contributed by atoms with Gasteiger partial charge in [0, 0.05) is 11.8 Å². The van der Waals surface area contributed by atoms with E-state index >= 15 is 0 Å². The summed E-state index contributed by atoms with van der Waals surface area (Å²) in [4.78, 5) is 0. The zero-order valence-corrected chi connectivity index (χ0v) is 12.9. The van der Waals surface area contributed by atoms with Crippen LogP contribution in [-0.4, -0.2) is 24.7 Å². The fourth-order valence-corrected chi connectivity index (χ4v) is 2.27. The first kappa shape index (κ1) is 15.2. The van der Waals surface area contributed by atoms with Crippen LogP contribution >= 0.6 is 0 Å². The van der Waals surface area contributed by atoms with E-state index in [1.54, 1.807) is 0 Å². The fraction of sp³-hybridized carbons (Fsp3) is 0.588. The Kier molecular flexibility index (Phi) is 4.31. The third-order valence-corrected chi connectivity index (χ3v) is 4.27. The van der Waals surface area contributed by atoms with Crippen LogP contribution < -0.4 is 0 Å². The van der Waals surface area contributed by atoms with E-state index < -0.39 is 5.79 Å². The Labute approximate surface area is 121 Å². The van der Waals surface area contributed by atoms with Crippen molar-refractivity contribution in [3.63, 3.8) is 0 Å². The maximum atomic E-state index is 7.69. The van der Waals surface area contributed by atoms with Gasteiger partial charge in [-0.1, -0.05) is 43.7 Å². The first-order valence-corrected chi connectivity index (χ1v) is 7.26. The van der Waals surface area contributed by atoms with Crippen LogP contribution in [-0.2, 0) is 15.9 Å². The van der Waals surface area contributed by atoms with Crippen molar-refractivity contribution in [2.45, 2.75) is 52.4 Å². The summed E-state index contributed by atoms with van der Waals surface area (Å²) < 4.78 is 11.9. The molecule has 3 heteroatoms. The molecule has 1 saturated heterocycles. The number of nitrogens with one attached hydrogen (secondary N) is 1. The third-order valence-electron chi connectivity index (χ3n) is 4.27. The van der Waals surface area contributed by atoms with Crippen molar-refractivity contribution in [3.8, 4) is 0 Å². The predicted octanol–water partition coefficient (Wildman–Crippen LogP) is 3.73. The Morgan fingerprint density at radius 1 is 1.30 bits per heavy atom. The number of rotatable bonds is 4. The van der Waals surface area contributed by atoms with Crippen molar-refractivity contribution >= 4 is 6.21 Å². The van der Waals surface area contributed by atoms with Crippen LogP contribution in [0.1, 0.15) is 38.3 Å². The van der Waals surface area contributed by atoms with Crippen molar-refractivity contribution in [2.75, 3.05) is 6.61 Å². The first-order valence-electron chi connectivity index (χ1n) is 7.26. The predicted molar refractivity (Wildman–Crippen MR) is 81.3 cm³/mol. The zero-order valence-electron chi connectivity index (χ0n) is 12.9. The molecule has 1 fully saturated rings. The Morgan fingerprint density at radius 3 is 2.50 bits per heavy atom. The number of ether oxygens (including phenoxy) is 2. The van der Waals surface area contributed by atoms with Gasteiger partial charge in [-0.25, -0.2) is 0 Å². The van der Waals surface area contributed by atoms with Gasteiger partial charge >= 0.3 is 0 Å². The molecule has 1 heterocycles. The highest BCUT2D eigenvalue weighted by atomic mass is 16.7.